The summed E-state index contributed by atoms with van der Waals surface area (Å²) in [6.45, 7) is 4.47. The summed E-state index contributed by atoms with van der Waals surface area (Å²) in [6.07, 6.45) is 2.22. The van der Waals surface area contributed by atoms with Crippen molar-refractivity contribution in [2.24, 2.45) is 0 Å². The maximum absolute atomic E-state index is 3.88. The van der Waals surface area contributed by atoms with Gasteiger partial charge in [-0.05, 0) is 47.0 Å². The van der Waals surface area contributed by atoms with E-state index in [-0.39, 0.29) is 0 Å². The van der Waals surface area contributed by atoms with Gasteiger partial charge in [-0.3, -0.25) is 0 Å². The molecule has 0 spiro atoms. The Labute approximate surface area is 136 Å². The molecule has 0 nitrogen and oxygen atoms in total. The third kappa shape index (κ3) is 2.59. The Balaban J connectivity index is 1.97. The van der Waals surface area contributed by atoms with Crippen molar-refractivity contribution < 1.29 is 0 Å². The Hall–Kier alpha value is -0.640. The fraction of sp³-hybridized carbons (Fsp3) is 0.294. The van der Waals surface area contributed by atoms with Crippen LogP contribution < -0.4 is 0 Å². The highest BCUT2D eigenvalue weighted by molar-refractivity contribution is 9.09. The Kier molecular flexibility index (Phi) is 4.29. The van der Waals surface area contributed by atoms with Crippen LogP contribution in [-0.2, 0) is 12.8 Å². The highest BCUT2D eigenvalue weighted by Gasteiger charge is 2.15. The van der Waals surface area contributed by atoms with Crippen molar-refractivity contribution >= 4 is 48.0 Å². The smallest absolute Gasteiger partial charge is 0.0738 e. The number of hydrogen-bond acceptors (Lipinski definition) is 2. The number of alkyl halides is 1. The number of hydrogen-bond donors (Lipinski definition) is 0. The fourth-order valence-corrected chi connectivity index (χ4v) is 5.37. The van der Waals surface area contributed by atoms with E-state index >= 15 is 0 Å². The second-order valence-electron chi connectivity index (χ2n) is 4.90. The molecular weight excluding hydrogens is 348 g/mol. The third-order valence-corrected chi connectivity index (χ3v) is 7.18. The predicted molar refractivity (Wildman–Crippen MR) is 95.7 cm³/mol. The minimum Gasteiger partial charge on any atom is -0.143 e. The Bertz CT molecular complexity index is 695. The lowest BCUT2D eigenvalue weighted by Crippen LogP contribution is -1.96. The summed E-state index contributed by atoms with van der Waals surface area (Å²) in [7, 11) is 0. The van der Waals surface area contributed by atoms with Crippen LogP contribution in [0.25, 0.3) is 9.40 Å². The lowest BCUT2D eigenvalue weighted by Gasteiger charge is -2.12. The van der Waals surface area contributed by atoms with Crippen LogP contribution in [-0.4, -0.2) is 0 Å². The van der Waals surface area contributed by atoms with E-state index in [1.807, 2.05) is 22.7 Å². The molecule has 0 amide bonds. The Morgan fingerprint density at radius 3 is 2.50 bits per heavy atom. The van der Waals surface area contributed by atoms with Crippen LogP contribution in [0.5, 0.6) is 0 Å². The standard InChI is InChI=1S/C17H17BrS2/c1-3-11-5-6-13(9-12(11)4-2)17(18)16-10-15-14(20-16)7-8-19-15/h5-10,17H,3-4H2,1-2H3. The van der Waals surface area contributed by atoms with E-state index in [9.17, 15) is 0 Å². The van der Waals surface area contributed by atoms with Crippen molar-refractivity contribution in [2.75, 3.05) is 0 Å². The van der Waals surface area contributed by atoms with Gasteiger partial charge in [0.05, 0.1) is 4.83 Å². The highest BCUT2D eigenvalue weighted by atomic mass is 79.9. The van der Waals surface area contributed by atoms with Crippen molar-refractivity contribution in [3.8, 4) is 0 Å². The topological polar surface area (TPSA) is 0 Å². The van der Waals surface area contributed by atoms with Crippen LogP contribution in [0.3, 0.4) is 0 Å². The van der Waals surface area contributed by atoms with Gasteiger partial charge in [0, 0.05) is 14.3 Å². The summed E-state index contributed by atoms with van der Waals surface area (Å²) < 4.78 is 2.80. The van der Waals surface area contributed by atoms with Gasteiger partial charge >= 0.3 is 0 Å². The van der Waals surface area contributed by atoms with Gasteiger partial charge in [0.25, 0.3) is 0 Å². The summed E-state index contributed by atoms with van der Waals surface area (Å²) in [4.78, 5) is 1.71. The molecule has 1 atom stereocenters. The number of benzene rings is 1. The van der Waals surface area contributed by atoms with Gasteiger partial charge in [0.1, 0.15) is 0 Å². The zero-order valence-corrected chi connectivity index (χ0v) is 14.9. The molecule has 0 bridgehead atoms. The summed E-state index contributed by atoms with van der Waals surface area (Å²) >= 11 is 7.60. The summed E-state index contributed by atoms with van der Waals surface area (Å²) in [6, 6.07) is 11.5. The summed E-state index contributed by atoms with van der Waals surface area (Å²) in [5.74, 6) is 0. The Morgan fingerprint density at radius 2 is 1.80 bits per heavy atom. The van der Waals surface area contributed by atoms with Crippen molar-refractivity contribution in [1.82, 2.24) is 0 Å². The van der Waals surface area contributed by atoms with Gasteiger partial charge in [-0.25, -0.2) is 0 Å². The van der Waals surface area contributed by atoms with Crippen molar-refractivity contribution in [2.45, 2.75) is 31.5 Å². The molecule has 104 valence electrons. The first-order chi connectivity index (χ1) is 9.72. The average molecular weight is 365 g/mol. The maximum atomic E-state index is 3.88. The molecule has 20 heavy (non-hydrogen) atoms. The molecule has 1 aromatic carbocycles. The quantitative estimate of drug-likeness (QED) is 0.459. The number of rotatable bonds is 4. The van der Waals surface area contributed by atoms with Gasteiger partial charge in [-0.15, -0.1) is 22.7 Å². The van der Waals surface area contributed by atoms with E-state index in [4.69, 9.17) is 0 Å². The largest absolute Gasteiger partial charge is 0.143 e. The van der Waals surface area contributed by atoms with E-state index in [2.05, 4.69) is 65.5 Å². The van der Waals surface area contributed by atoms with E-state index in [0.29, 0.717) is 4.83 Å². The van der Waals surface area contributed by atoms with Crippen LogP contribution >= 0.6 is 38.6 Å². The molecule has 2 aromatic heterocycles. The van der Waals surface area contributed by atoms with E-state index in [0.717, 1.165) is 12.8 Å². The first-order valence-corrected chi connectivity index (χ1v) is 9.56. The minimum atomic E-state index is 0.309. The number of halogens is 1. The fourth-order valence-electron chi connectivity index (χ4n) is 2.55. The summed E-state index contributed by atoms with van der Waals surface area (Å²) in [5, 5.41) is 2.17. The molecule has 3 heteroatoms. The van der Waals surface area contributed by atoms with Crippen LogP contribution in [0.1, 0.15) is 40.2 Å². The molecule has 0 radical (unpaired) electrons. The van der Waals surface area contributed by atoms with Gasteiger partial charge in [-0.1, -0.05) is 48.0 Å². The third-order valence-electron chi connectivity index (χ3n) is 3.69. The van der Waals surface area contributed by atoms with Gasteiger partial charge in [-0.2, -0.15) is 0 Å². The second kappa shape index (κ2) is 6.00. The zero-order chi connectivity index (χ0) is 14.1. The van der Waals surface area contributed by atoms with Crippen LogP contribution in [0.4, 0.5) is 0 Å². The molecule has 3 rings (SSSR count). The monoisotopic (exact) mass is 364 g/mol. The maximum Gasteiger partial charge on any atom is 0.0738 e. The van der Waals surface area contributed by atoms with Gasteiger partial charge in [0.15, 0.2) is 0 Å². The first kappa shape index (κ1) is 14.3. The highest BCUT2D eigenvalue weighted by Crippen LogP contribution is 2.40. The van der Waals surface area contributed by atoms with Crippen LogP contribution in [0.15, 0.2) is 35.7 Å². The molecule has 0 saturated carbocycles. The number of fused-ring (bicyclic) bond motifs is 1. The number of thiophene rings is 2. The van der Waals surface area contributed by atoms with Crippen molar-refractivity contribution in [1.29, 1.82) is 0 Å². The molecule has 0 saturated heterocycles. The van der Waals surface area contributed by atoms with Crippen LogP contribution in [0, 0.1) is 0 Å². The van der Waals surface area contributed by atoms with E-state index < -0.39 is 0 Å². The van der Waals surface area contributed by atoms with E-state index in [1.165, 1.54) is 31.0 Å². The van der Waals surface area contributed by atoms with Gasteiger partial charge in [0.2, 0.25) is 0 Å². The summed E-state index contributed by atoms with van der Waals surface area (Å²) in [5.41, 5.74) is 4.32. The molecular formula is C17H17BrS2. The molecule has 3 aromatic rings. The molecule has 0 fully saturated rings. The molecule has 0 aliphatic heterocycles. The first-order valence-electron chi connectivity index (χ1n) is 6.95. The van der Waals surface area contributed by atoms with E-state index in [1.54, 1.807) is 0 Å². The lowest BCUT2D eigenvalue weighted by molar-refractivity contribution is 1.02. The SMILES string of the molecule is CCc1ccc(C(Br)c2cc3sccc3s2)cc1CC. The second-order valence-corrected chi connectivity index (χ2v) is 7.87. The van der Waals surface area contributed by atoms with Crippen molar-refractivity contribution in [3.05, 3.63) is 57.3 Å². The number of aryl methyl sites for hydroxylation is 2. The lowest BCUT2D eigenvalue weighted by atomic mass is 9.98. The molecule has 0 N–H and O–H groups in total. The van der Waals surface area contributed by atoms with Crippen LogP contribution in [0.2, 0.25) is 0 Å². The molecule has 0 aliphatic rings. The van der Waals surface area contributed by atoms with Crippen molar-refractivity contribution in [3.63, 3.8) is 0 Å². The predicted octanol–water partition coefficient (Wildman–Crippen LogP) is 6.57. The molecule has 1 unspecified atom stereocenters. The molecule has 2 heterocycles. The minimum absolute atomic E-state index is 0.309. The van der Waals surface area contributed by atoms with Gasteiger partial charge < -0.3 is 0 Å². The molecule has 0 aliphatic carbocycles. The average Bonchev–Trinajstić information content (AvgIpc) is 3.06. The zero-order valence-electron chi connectivity index (χ0n) is 11.7. The normalized spacial score (nSPS) is 12.9. The Morgan fingerprint density at radius 1 is 1.00 bits per heavy atom.